The molecule has 2 aromatic heterocycles. The lowest BCUT2D eigenvalue weighted by Crippen LogP contribution is -2.11. The molecule has 0 unspecified atom stereocenters. The second-order valence-corrected chi connectivity index (χ2v) is 7.55. The molecule has 0 aliphatic carbocycles. The predicted molar refractivity (Wildman–Crippen MR) is 108 cm³/mol. The number of thiazole rings is 1. The first-order chi connectivity index (χ1) is 12.2. The van der Waals surface area contributed by atoms with E-state index in [1.54, 1.807) is 34.8 Å². The van der Waals surface area contributed by atoms with Crippen LogP contribution in [0.3, 0.4) is 0 Å². The summed E-state index contributed by atoms with van der Waals surface area (Å²) in [5, 5.41) is 14.0. The zero-order valence-electron chi connectivity index (χ0n) is 13.7. The molecule has 7 heteroatoms. The van der Waals surface area contributed by atoms with Crippen LogP contribution in [0.5, 0.6) is 0 Å². The van der Waals surface area contributed by atoms with Gasteiger partial charge in [0.2, 0.25) is 5.91 Å². The van der Waals surface area contributed by atoms with Crippen molar-refractivity contribution in [3.8, 4) is 10.6 Å². The lowest BCUT2D eigenvalue weighted by atomic mass is 10.2. The van der Waals surface area contributed by atoms with Crippen LogP contribution in [0.2, 0.25) is 5.02 Å². The van der Waals surface area contributed by atoms with Gasteiger partial charge in [-0.05, 0) is 36.1 Å². The molecule has 0 fully saturated rings. The van der Waals surface area contributed by atoms with Crippen LogP contribution in [0, 0.1) is 0 Å². The van der Waals surface area contributed by atoms with E-state index in [1.165, 1.54) is 0 Å². The summed E-state index contributed by atoms with van der Waals surface area (Å²) in [6.07, 6.45) is 1.33. The van der Waals surface area contributed by atoms with Crippen molar-refractivity contribution in [2.24, 2.45) is 0 Å². The summed E-state index contributed by atoms with van der Waals surface area (Å²) < 4.78 is 0. The van der Waals surface area contributed by atoms with Gasteiger partial charge in [0.25, 0.3) is 0 Å². The summed E-state index contributed by atoms with van der Waals surface area (Å²) >= 11 is 9.55. The third-order valence-corrected chi connectivity index (χ3v) is 5.46. The van der Waals surface area contributed by atoms with Crippen molar-refractivity contribution in [2.45, 2.75) is 26.3 Å². The Morgan fingerprint density at radius 3 is 2.92 bits per heavy atom. The van der Waals surface area contributed by atoms with Gasteiger partial charge in [-0.25, -0.2) is 4.98 Å². The first-order valence-corrected chi connectivity index (χ1v) is 10.2. The van der Waals surface area contributed by atoms with Gasteiger partial charge in [0.1, 0.15) is 5.01 Å². The SMILES string of the molecule is CCCC(=O)Nc1ccc(Cl)c(NCc2csc(-c3ccsc3)n2)c1. The second kappa shape index (κ2) is 8.47. The van der Waals surface area contributed by atoms with Gasteiger partial charge in [-0.15, -0.1) is 11.3 Å². The third kappa shape index (κ3) is 4.81. The fourth-order valence-corrected chi connectivity index (χ4v) is 4.00. The van der Waals surface area contributed by atoms with Gasteiger partial charge in [0, 0.05) is 28.4 Å². The van der Waals surface area contributed by atoms with E-state index in [4.69, 9.17) is 11.6 Å². The molecule has 4 nitrogen and oxygen atoms in total. The number of carbonyl (C=O) groups excluding carboxylic acids is 1. The molecule has 0 bridgehead atoms. The number of amides is 1. The highest BCUT2D eigenvalue weighted by Crippen LogP contribution is 2.28. The first kappa shape index (κ1) is 17.9. The fourth-order valence-electron chi connectivity index (χ4n) is 2.28. The Morgan fingerprint density at radius 1 is 1.28 bits per heavy atom. The van der Waals surface area contributed by atoms with E-state index in [9.17, 15) is 4.79 Å². The molecule has 0 radical (unpaired) electrons. The number of hydrogen-bond donors (Lipinski definition) is 2. The van der Waals surface area contributed by atoms with Gasteiger partial charge < -0.3 is 10.6 Å². The molecule has 0 saturated heterocycles. The van der Waals surface area contributed by atoms with Gasteiger partial charge in [0.15, 0.2) is 0 Å². The maximum absolute atomic E-state index is 11.7. The molecule has 1 amide bonds. The Labute approximate surface area is 159 Å². The Hall–Kier alpha value is -1.89. The molecular weight excluding hydrogens is 374 g/mol. The molecule has 0 aliphatic heterocycles. The van der Waals surface area contributed by atoms with E-state index >= 15 is 0 Å². The Kier molecular flexibility index (Phi) is 6.07. The summed E-state index contributed by atoms with van der Waals surface area (Å²) in [5.74, 6) is 0.00989. The van der Waals surface area contributed by atoms with Crippen LogP contribution in [-0.4, -0.2) is 10.9 Å². The minimum Gasteiger partial charge on any atom is -0.378 e. The van der Waals surface area contributed by atoms with Crippen LogP contribution in [-0.2, 0) is 11.3 Å². The van der Waals surface area contributed by atoms with Gasteiger partial charge >= 0.3 is 0 Å². The minimum absolute atomic E-state index is 0.00989. The number of thiophene rings is 1. The topological polar surface area (TPSA) is 54.0 Å². The minimum atomic E-state index is 0.00989. The molecule has 2 heterocycles. The number of aromatic nitrogens is 1. The van der Waals surface area contributed by atoms with Crippen molar-refractivity contribution in [1.82, 2.24) is 4.98 Å². The number of halogens is 1. The van der Waals surface area contributed by atoms with Crippen molar-refractivity contribution in [1.29, 1.82) is 0 Å². The van der Waals surface area contributed by atoms with Crippen LogP contribution < -0.4 is 10.6 Å². The van der Waals surface area contributed by atoms with E-state index in [1.807, 2.05) is 23.8 Å². The molecule has 25 heavy (non-hydrogen) atoms. The summed E-state index contributed by atoms with van der Waals surface area (Å²) in [7, 11) is 0. The predicted octanol–water partition coefficient (Wildman–Crippen LogP) is 5.88. The highest BCUT2D eigenvalue weighted by atomic mass is 35.5. The number of anilines is 2. The maximum Gasteiger partial charge on any atom is 0.224 e. The lowest BCUT2D eigenvalue weighted by molar-refractivity contribution is -0.116. The molecule has 0 spiro atoms. The van der Waals surface area contributed by atoms with E-state index in [-0.39, 0.29) is 5.91 Å². The number of nitrogens with one attached hydrogen (secondary N) is 2. The van der Waals surface area contributed by atoms with Crippen molar-refractivity contribution < 1.29 is 4.79 Å². The fraction of sp³-hybridized carbons (Fsp3) is 0.222. The summed E-state index contributed by atoms with van der Waals surface area (Å²) in [4.78, 5) is 16.4. The lowest BCUT2D eigenvalue weighted by Gasteiger charge is -2.10. The zero-order valence-corrected chi connectivity index (χ0v) is 16.1. The quantitative estimate of drug-likeness (QED) is 0.529. The van der Waals surface area contributed by atoms with Gasteiger partial charge in [-0.2, -0.15) is 11.3 Å². The average molecular weight is 392 g/mol. The highest BCUT2D eigenvalue weighted by Gasteiger charge is 2.08. The standard InChI is InChI=1S/C18H18ClN3OS2/c1-2-3-17(23)21-13-4-5-15(19)16(8-13)20-9-14-11-25-18(22-14)12-6-7-24-10-12/h4-8,10-11,20H,2-3,9H2,1H3,(H,21,23). The van der Waals surface area contributed by atoms with Gasteiger partial charge in [0.05, 0.1) is 22.9 Å². The molecule has 0 saturated carbocycles. The Morgan fingerprint density at radius 2 is 2.16 bits per heavy atom. The van der Waals surface area contributed by atoms with Gasteiger partial charge in [-0.3, -0.25) is 4.79 Å². The Bertz CT molecular complexity index is 846. The van der Waals surface area contributed by atoms with Crippen molar-refractivity contribution in [3.05, 3.63) is 51.1 Å². The van der Waals surface area contributed by atoms with Crippen molar-refractivity contribution >= 4 is 51.6 Å². The van der Waals surface area contributed by atoms with Gasteiger partial charge in [-0.1, -0.05) is 18.5 Å². The van der Waals surface area contributed by atoms with Crippen LogP contribution >= 0.6 is 34.3 Å². The van der Waals surface area contributed by atoms with Crippen LogP contribution in [0.1, 0.15) is 25.5 Å². The number of benzene rings is 1. The van der Waals surface area contributed by atoms with Crippen molar-refractivity contribution in [3.63, 3.8) is 0 Å². The summed E-state index contributed by atoms with van der Waals surface area (Å²) in [5.41, 5.74) is 3.63. The highest BCUT2D eigenvalue weighted by molar-refractivity contribution is 7.14. The zero-order chi connectivity index (χ0) is 17.6. The largest absolute Gasteiger partial charge is 0.378 e. The van der Waals surface area contributed by atoms with Crippen molar-refractivity contribution in [2.75, 3.05) is 10.6 Å². The molecule has 0 atom stereocenters. The van der Waals surface area contributed by atoms with Crippen LogP contribution in [0.4, 0.5) is 11.4 Å². The van der Waals surface area contributed by atoms with E-state index in [0.29, 0.717) is 18.0 Å². The molecule has 2 N–H and O–H groups in total. The molecule has 130 valence electrons. The monoisotopic (exact) mass is 391 g/mol. The van der Waals surface area contributed by atoms with Crippen LogP contribution in [0.15, 0.2) is 40.4 Å². The third-order valence-electron chi connectivity index (χ3n) is 3.51. The van der Waals surface area contributed by atoms with E-state index < -0.39 is 0 Å². The first-order valence-electron chi connectivity index (χ1n) is 7.96. The van der Waals surface area contributed by atoms with E-state index in [0.717, 1.165) is 34.1 Å². The molecular formula is C18H18ClN3OS2. The summed E-state index contributed by atoms with van der Waals surface area (Å²) in [6.45, 7) is 2.55. The maximum atomic E-state index is 11.7. The Balaban J connectivity index is 1.65. The number of carbonyl (C=O) groups is 1. The second-order valence-electron chi connectivity index (χ2n) is 5.50. The number of nitrogens with zero attached hydrogens (tertiary/aromatic N) is 1. The smallest absolute Gasteiger partial charge is 0.224 e. The van der Waals surface area contributed by atoms with Crippen LogP contribution in [0.25, 0.3) is 10.6 Å². The summed E-state index contributed by atoms with van der Waals surface area (Å²) in [6, 6.07) is 7.50. The number of hydrogen-bond acceptors (Lipinski definition) is 5. The average Bonchev–Trinajstić information content (AvgIpc) is 3.26. The number of rotatable bonds is 7. The molecule has 3 aromatic rings. The normalized spacial score (nSPS) is 10.6. The van der Waals surface area contributed by atoms with E-state index in [2.05, 4.69) is 27.1 Å². The molecule has 1 aromatic carbocycles. The molecule has 3 rings (SSSR count). The molecule has 0 aliphatic rings.